The largest absolute Gasteiger partial charge is 0.492 e. The lowest BCUT2D eigenvalue weighted by Gasteiger charge is -2.08. The van der Waals surface area contributed by atoms with Crippen LogP contribution < -0.4 is 10.1 Å². The van der Waals surface area contributed by atoms with Gasteiger partial charge in [-0.3, -0.25) is 4.79 Å². The lowest BCUT2D eigenvalue weighted by Crippen LogP contribution is -2.32. The number of hydrogen-bond acceptors (Lipinski definition) is 5. The van der Waals surface area contributed by atoms with Crippen LogP contribution in [-0.2, 0) is 9.53 Å². The van der Waals surface area contributed by atoms with Gasteiger partial charge in [-0.25, -0.2) is 9.78 Å². The fourth-order valence-electron chi connectivity index (χ4n) is 1.80. The lowest BCUT2D eigenvalue weighted by atomic mass is 10.2. The highest BCUT2D eigenvalue weighted by Gasteiger charge is 2.10. The Kier molecular flexibility index (Phi) is 6.11. The van der Waals surface area contributed by atoms with E-state index in [1.165, 1.54) is 12.3 Å². The number of rotatable bonds is 7. The Morgan fingerprint density at radius 1 is 1.17 bits per heavy atom. The maximum absolute atomic E-state index is 11.6. The summed E-state index contributed by atoms with van der Waals surface area (Å²) in [5.41, 5.74) is 1.27. The summed E-state index contributed by atoms with van der Waals surface area (Å²) in [6.07, 6.45) is 1.49. The number of aromatic nitrogens is 1. The molecule has 0 saturated heterocycles. The average molecular weight is 314 g/mol. The molecule has 1 N–H and O–H groups in total. The van der Waals surface area contributed by atoms with Crippen LogP contribution in [0.1, 0.15) is 16.1 Å². The van der Waals surface area contributed by atoms with Gasteiger partial charge in [0.15, 0.2) is 6.61 Å². The maximum Gasteiger partial charge on any atom is 0.357 e. The molecule has 0 aliphatic heterocycles. The quantitative estimate of drug-likeness (QED) is 0.622. The van der Waals surface area contributed by atoms with Crippen LogP contribution in [0.5, 0.6) is 5.75 Å². The first-order chi connectivity index (χ1) is 11.1. The number of benzene rings is 1. The van der Waals surface area contributed by atoms with Gasteiger partial charge in [0.05, 0.1) is 6.54 Å². The molecule has 0 radical (unpaired) electrons. The minimum Gasteiger partial charge on any atom is -0.492 e. The molecule has 2 aromatic rings. The number of carbonyl (C=O) groups is 2. The van der Waals surface area contributed by atoms with Crippen molar-refractivity contribution in [3.63, 3.8) is 0 Å². The van der Waals surface area contributed by atoms with Crippen molar-refractivity contribution >= 4 is 11.9 Å². The number of carbonyl (C=O) groups excluding carboxylic acids is 2. The second-order valence-corrected chi connectivity index (χ2v) is 4.81. The molecule has 120 valence electrons. The molecule has 0 unspecified atom stereocenters. The Labute approximate surface area is 134 Å². The van der Waals surface area contributed by atoms with E-state index in [4.69, 9.17) is 9.47 Å². The van der Waals surface area contributed by atoms with Crippen LogP contribution in [0, 0.1) is 6.92 Å². The van der Waals surface area contributed by atoms with Crippen LogP contribution >= 0.6 is 0 Å². The van der Waals surface area contributed by atoms with Gasteiger partial charge >= 0.3 is 5.97 Å². The third-order valence-corrected chi connectivity index (χ3v) is 2.89. The minimum absolute atomic E-state index is 0.170. The number of pyridine rings is 1. The van der Waals surface area contributed by atoms with Gasteiger partial charge in [0.2, 0.25) is 0 Å². The molecular weight excluding hydrogens is 296 g/mol. The standard InChI is InChI=1S/C17H18N2O4/c1-13-5-4-6-14(11-13)22-10-9-19-16(20)12-23-17(21)15-7-2-3-8-18-15/h2-8,11H,9-10,12H2,1H3,(H,19,20). The van der Waals surface area contributed by atoms with E-state index >= 15 is 0 Å². The number of esters is 1. The molecule has 6 heteroatoms. The van der Waals surface area contributed by atoms with Crippen molar-refractivity contribution in [1.29, 1.82) is 0 Å². The first-order valence-electron chi connectivity index (χ1n) is 7.19. The van der Waals surface area contributed by atoms with Crippen LogP contribution in [0.25, 0.3) is 0 Å². The predicted molar refractivity (Wildman–Crippen MR) is 84.2 cm³/mol. The van der Waals surface area contributed by atoms with Crippen molar-refractivity contribution in [2.75, 3.05) is 19.8 Å². The molecule has 1 aromatic heterocycles. The fourth-order valence-corrected chi connectivity index (χ4v) is 1.80. The van der Waals surface area contributed by atoms with Crippen molar-refractivity contribution in [3.8, 4) is 5.75 Å². The van der Waals surface area contributed by atoms with E-state index in [1.54, 1.807) is 12.1 Å². The van der Waals surface area contributed by atoms with Gasteiger partial charge in [-0.15, -0.1) is 0 Å². The minimum atomic E-state index is -0.628. The number of nitrogens with one attached hydrogen (secondary N) is 1. The van der Waals surface area contributed by atoms with Crippen molar-refractivity contribution in [1.82, 2.24) is 10.3 Å². The zero-order valence-corrected chi connectivity index (χ0v) is 12.8. The van der Waals surface area contributed by atoms with E-state index in [0.29, 0.717) is 13.2 Å². The van der Waals surface area contributed by atoms with E-state index in [-0.39, 0.29) is 18.2 Å². The van der Waals surface area contributed by atoms with E-state index in [0.717, 1.165) is 11.3 Å². The predicted octanol–water partition coefficient (Wildman–Crippen LogP) is 1.74. The van der Waals surface area contributed by atoms with Crippen molar-refractivity contribution in [2.24, 2.45) is 0 Å². The maximum atomic E-state index is 11.6. The smallest absolute Gasteiger partial charge is 0.357 e. The Morgan fingerprint density at radius 3 is 2.78 bits per heavy atom. The van der Waals surface area contributed by atoms with E-state index in [2.05, 4.69) is 10.3 Å². The summed E-state index contributed by atoms with van der Waals surface area (Å²) >= 11 is 0. The van der Waals surface area contributed by atoms with Crippen LogP contribution in [0.2, 0.25) is 0 Å². The van der Waals surface area contributed by atoms with Gasteiger partial charge in [-0.1, -0.05) is 18.2 Å². The first kappa shape index (κ1) is 16.5. The zero-order valence-electron chi connectivity index (χ0n) is 12.8. The summed E-state index contributed by atoms with van der Waals surface area (Å²) < 4.78 is 10.4. The molecule has 0 aliphatic carbocycles. The normalized spacial score (nSPS) is 9.96. The molecule has 0 spiro atoms. The number of aryl methyl sites for hydroxylation is 1. The summed E-state index contributed by atoms with van der Waals surface area (Å²) in [7, 11) is 0. The topological polar surface area (TPSA) is 77.5 Å². The highest BCUT2D eigenvalue weighted by Crippen LogP contribution is 2.11. The van der Waals surface area contributed by atoms with Crippen molar-refractivity contribution in [3.05, 3.63) is 59.9 Å². The summed E-state index contributed by atoms with van der Waals surface area (Å²) in [6, 6.07) is 12.5. The number of hydrogen-bond donors (Lipinski definition) is 1. The monoisotopic (exact) mass is 314 g/mol. The summed E-state index contributed by atoms with van der Waals surface area (Å²) in [5.74, 6) is -0.264. The van der Waals surface area contributed by atoms with E-state index < -0.39 is 5.97 Å². The molecule has 0 saturated carbocycles. The highest BCUT2D eigenvalue weighted by molar-refractivity contribution is 5.89. The van der Waals surface area contributed by atoms with Crippen molar-refractivity contribution < 1.29 is 19.1 Å². The third kappa shape index (κ3) is 5.78. The molecule has 23 heavy (non-hydrogen) atoms. The van der Waals surface area contributed by atoms with Crippen LogP contribution in [-0.4, -0.2) is 36.6 Å². The Bertz CT molecular complexity index is 659. The van der Waals surface area contributed by atoms with Crippen LogP contribution in [0.3, 0.4) is 0 Å². The third-order valence-electron chi connectivity index (χ3n) is 2.89. The summed E-state index contributed by atoms with van der Waals surface area (Å²) in [5, 5.41) is 2.61. The number of ether oxygens (including phenoxy) is 2. The second-order valence-electron chi connectivity index (χ2n) is 4.81. The zero-order chi connectivity index (χ0) is 16.5. The summed E-state index contributed by atoms with van der Waals surface area (Å²) in [4.78, 5) is 27.0. The molecule has 1 aromatic carbocycles. The molecule has 0 atom stereocenters. The van der Waals surface area contributed by atoms with E-state index in [9.17, 15) is 9.59 Å². The van der Waals surface area contributed by atoms with Gasteiger partial charge in [0, 0.05) is 6.20 Å². The molecule has 1 heterocycles. The van der Waals surface area contributed by atoms with Gasteiger partial charge in [0.25, 0.3) is 5.91 Å². The molecule has 0 fully saturated rings. The fraction of sp³-hybridized carbons (Fsp3) is 0.235. The molecule has 1 amide bonds. The Balaban J connectivity index is 1.63. The first-order valence-corrected chi connectivity index (χ1v) is 7.19. The molecule has 0 aliphatic rings. The van der Waals surface area contributed by atoms with Gasteiger partial charge in [-0.2, -0.15) is 0 Å². The lowest BCUT2D eigenvalue weighted by molar-refractivity contribution is -0.124. The molecule has 2 rings (SSSR count). The molecular formula is C17H18N2O4. The van der Waals surface area contributed by atoms with Gasteiger partial charge in [0.1, 0.15) is 18.1 Å². The Morgan fingerprint density at radius 2 is 2.04 bits per heavy atom. The highest BCUT2D eigenvalue weighted by atomic mass is 16.5. The molecule has 0 bridgehead atoms. The summed E-state index contributed by atoms with van der Waals surface area (Å²) in [6.45, 7) is 2.29. The van der Waals surface area contributed by atoms with Gasteiger partial charge in [-0.05, 0) is 36.8 Å². The van der Waals surface area contributed by atoms with Crippen molar-refractivity contribution in [2.45, 2.75) is 6.92 Å². The van der Waals surface area contributed by atoms with Crippen LogP contribution in [0.4, 0.5) is 0 Å². The SMILES string of the molecule is Cc1cccc(OCCNC(=O)COC(=O)c2ccccn2)c1. The number of amides is 1. The second kappa shape index (κ2) is 8.53. The van der Waals surface area contributed by atoms with Gasteiger partial charge < -0.3 is 14.8 Å². The Hall–Kier alpha value is -2.89. The number of nitrogens with zero attached hydrogens (tertiary/aromatic N) is 1. The van der Waals surface area contributed by atoms with Crippen LogP contribution in [0.15, 0.2) is 48.7 Å². The van der Waals surface area contributed by atoms with E-state index in [1.807, 2.05) is 31.2 Å². The average Bonchev–Trinajstić information content (AvgIpc) is 2.57. The molecule has 6 nitrogen and oxygen atoms in total.